The Bertz CT molecular complexity index is 928. The van der Waals surface area contributed by atoms with Crippen LogP contribution in [0.4, 0.5) is 4.39 Å². The molecule has 3 rings (SSSR count). The Morgan fingerprint density at radius 1 is 1.25 bits per heavy atom. The minimum Gasteiger partial charge on any atom is -0.476 e. The second-order valence-electron chi connectivity index (χ2n) is 7.50. The molecular formula is C18H20BClFN3O4. The molecule has 2 heterocycles. The van der Waals surface area contributed by atoms with Crippen LogP contribution >= 0.6 is 11.6 Å². The van der Waals surface area contributed by atoms with Gasteiger partial charge in [0.25, 0.3) is 0 Å². The van der Waals surface area contributed by atoms with Gasteiger partial charge in [-0.25, -0.2) is 13.9 Å². The lowest BCUT2D eigenvalue weighted by molar-refractivity contribution is 0.00578. The Kier molecular flexibility index (Phi) is 5.35. The molecule has 28 heavy (non-hydrogen) atoms. The zero-order chi connectivity index (χ0) is 20.7. The van der Waals surface area contributed by atoms with Gasteiger partial charge in [-0.05, 0) is 33.8 Å². The molecule has 7 nitrogen and oxygen atoms in total. The summed E-state index contributed by atoms with van der Waals surface area (Å²) in [5.74, 6) is -1.22. The van der Waals surface area contributed by atoms with Crippen molar-refractivity contribution in [3.05, 3.63) is 52.5 Å². The summed E-state index contributed by atoms with van der Waals surface area (Å²) in [7, 11) is -1.22. The van der Waals surface area contributed by atoms with Crippen molar-refractivity contribution >= 4 is 30.3 Å². The lowest BCUT2D eigenvalue weighted by Crippen LogP contribution is -2.41. The molecule has 148 valence electrons. The molecule has 1 aliphatic heterocycles. The average molecular weight is 408 g/mol. The molecule has 0 amide bonds. The maximum Gasteiger partial charge on any atom is 0.525 e. The zero-order valence-corrected chi connectivity index (χ0v) is 16.7. The molecule has 0 aliphatic carbocycles. The molecule has 1 saturated heterocycles. The fourth-order valence-electron chi connectivity index (χ4n) is 2.72. The van der Waals surface area contributed by atoms with Gasteiger partial charge in [0, 0.05) is 16.2 Å². The van der Waals surface area contributed by atoms with Crippen LogP contribution in [0.15, 0.2) is 36.2 Å². The summed E-state index contributed by atoms with van der Waals surface area (Å²) in [5, 5.41) is 16.7. The molecular weight excluding hydrogens is 387 g/mol. The smallest absolute Gasteiger partial charge is 0.476 e. The summed E-state index contributed by atoms with van der Waals surface area (Å²) in [4.78, 5) is 11.0. The number of carboxylic acids is 1. The van der Waals surface area contributed by atoms with Crippen molar-refractivity contribution in [2.24, 2.45) is 0 Å². The minimum absolute atomic E-state index is 0.0973. The first kappa shape index (κ1) is 20.5. The van der Waals surface area contributed by atoms with Gasteiger partial charge < -0.3 is 14.4 Å². The van der Waals surface area contributed by atoms with E-state index in [2.05, 4.69) is 10.3 Å². The molecule has 0 radical (unpaired) electrons. The van der Waals surface area contributed by atoms with E-state index < -0.39 is 30.0 Å². The van der Waals surface area contributed by atoms with Crippen molar-refractivity contribution in [1.29, 1.82) is 0 Å². The summed E-state index contributed by atoms with van der Waals surface area (Å²) in [6.45, 7) is 7.20. The third-order valence-electron chi connectivity index (χ3n) is 5.03. The van der Waals surface area contributed by atoms with Crippen molar-refractivity contribution < 1.29 is 23.6 Å². The van der Waals surface area contributed by atoms with Crippen LogP contribution in [0.2, 0.25) is 5.02 Å². The fraction of sp³-hybridized carbons (Fsp3) is 0.389. The van der Waals surface area contributed by atoms with Crippen LogP contribution in [-0.2, 0) is 15.9 Å². The van der Waals surface area contributed by atoms with E-state index in [1.807, 2.05) is 27.7 Å². The highest BCUT2D eigenvalue weighted by molar-refractivity contribution is 6.55. The quantitative estimate of drug-likeness (QED) is 0.762. The third-order valence-corrected chi connectivity index (χ3v) is 5.35. The van der Waals surface area contributed by atoms with Crippen LogP contribution < -0.4 is 0 Å². The number of halogens is 2. The van der Waals surface area contributed by atoms with Crippen molar-refractivity contribution in [1.82, 2.24) is 15.0 Å². The summed E-state index contributed by atoms with van der Waals surface area (Å²) in [6.07, 6.45) is 1.22. The van der Waals surface area contributed by atoms with E-state index in [0.717, 1.165) is 0 Å². The number of benzene rings is 1. The number of hydrogen-bond acceptors (Lipinski definition) is 5. The number of rotatable bonds is 5. The van der Waals surface area contributed by atoms with Crippen molar-refractivity contribution in [2.45, 2.75) is 45.4 Å². The topological polar surface area (TPSA) is 86.5 Å². The van der Waals surface area contributed by atoms with E-state index in [0.29, 0.717) is 10.6 Å². The lowest BCUT2D eigenvalue weighted by atomic mass is 9.82. The number of carbonyl (C=O) groups is 1. The number of aromatic nitrogens is 3. The summed E-state index contributed by atoms with van der Waals surface area (Å²) >= 11 is 6.28. The van der Waals surface area contributed by atoms with Gasteiger partial charge in [0.05, 0.1) is 23.9 Å². The van der Waals surface area contributed by atoms with Crippen LogP contribution in [0, 0.1) is 0 Å². The molecule has 0 saturated carbocycles. The SMILES string of the molecule is CC1(C)OB(C(F)=C(Cn2cc(C(=O)O)nn2)c2ccccc2Cl)OC1(C)C. The Balaban J connectivity index is 2.04. The van der Waals surface area contributed by atoms with E-state index in [1.54, 1.807) is 24.3 Å². The molecule has 2 aromatic rings. The van der Waals surface area contributed by atoms with Crippen LogP contribution in [0.3, 0.4) is 0 Å². The predicted octanol–water partition coefficient (Wildman–Crippen LogP) is 3.64. The predicted molar refractivity (Wildman–Crippen MR) is 103 cm³/mol. The molecule has 0 unspecified atom stereocenters. The van der Waals surface area contributed by atoms with E-state index in [4.69, 9.17) is 26.0 Å². The summed E-state index contributed by atoms with van der Waals surface area (Å²) < 4.78 is 28.4. The highest BCUT2D eigenvalue weighted by atomic mass is 35.5. The first-order valence-corrected chi connectivity index (χ1v) is 9.02. The number of allylic oxidation sites excluding steroid dienone is 1. The highest BCUT2D eigenvalue weighted by Crippen LogP contribution is 2.41. The van der Waals surface area contributed by atoms with Crippen molar-refractivity contribution in [3.63, 3.8) is 0 Å². The highest BCUT2D eigenvalue weighted by Gasteiger charge is 2.53. The van der Waals surface area contributed by atoms with Crippen molar-refractivity contribution in [2.75, 3.05) is 0 Å². The second-order valence-corrected chi connectivity index (χ2v) is 7.91. The van der Waals surface area contributed by atoms with Gasteiger partial charge >= 0.3 is 13.1 Å². The van der Waals surface area contributed by atoms with Gasteiger partial charge in [0.1, 0.15) is 5.73 Å². The van der Waals surface area contributed by atoms with Gasteiger partial charge in [-0.3, -0.25) is 0 Å². The number of carboxylic acid groups (broad SMARTS) is 1. The van der Waals surface area contributed by atoms with Gasteiger partial charge in [-0.2, -0.15) is 0 Å². The van der Waals surface area contributed by atoms with E-state index in [-0.39, 0.29) is 17.8 Å². The summed E-state index contributed by atoms with van der Waals surface area (Å²) in [5.41, 5.74) is -1.72. The molecule has 0 spiro atoms. The van der Waals surface area contributed by atoms with E-state index >= 15 is 4.39 Å². The number of nitrogens with zero attached hydrogens (tertiary/aromatic N) is 3. The van der Waals surface area contributed by atoms with Gasteiger partial charge in [-0.15, -0.1) is 5.10 Å². The van der Waals surface area contributed by atoms with Crippen LogP contribution in [0.1, 0.15) is 43.7 Å². The Labute approximate surface area is 167 Å². The molecule has 1 N–H and O–H groups in total. The molecule has 1 aliphatic rings. The third kappa shape index (κ3) is 3.83. The number of aromatic carboxylic acids is 1. The monoisotopic (exact) mass is 407 g/mol. The maximum atomic E-state index is 15.6. The average Bonchev–Trinajstić information content (AvgIpc) is 3.15. The second kappa shape index (κ2) is 7.31. The maximum absolute atomic E-state index is 15.6. The molecule has 0 atom stereocenters. The lowest BCUT2D eigenvalue weighted by Gasteiger charge is -2.32. The summed E-state index contributed by atoms with van der Waals surface area (Å²) in [6, 6.07) is 6.76. The molecule has 10 heteroatoms. The Hall–Kier alpha value is -2.23. The Morgan fingerprint density at radius 2 is 1.86 bits per heavy atom. The first-order valence-electron chi connectivity index (χ1n) is 8.64. The first-order chi connectivity index (χ1) is 13.0. The van der Waals surface area contributed by atoms with Crippen LogP contribution in [0.25, 0.3) is 5.57 Å². The molecule has 1 aromatic carbocycles. The fourth-order valence-corrected chi connectivity index (χ4v) is 2.97. The standard InChI is InChI=1S/C18H20BClFN3O4/c1-17(2)18(3,4)28-19(27-17)15(21)12(11-7-5-6-8-13(11)20)9-24-10-14(16(25)26)22-23-24/h5-8,10H,9H2,1-4H3,(H,25,26). The van der Waals surface area contributed by atoms with Gasteiger partial charge in [-0.1, -0.05) is 35.0 Å². The molecule has 0 bridgehead atoms. The minimum atomic E-state index is -1.22. The largest absolute Gasteiger partial charge is 0.525 e. The number of hydrogen-bond donors (Lipinski definition) is 1. The van der Waals surface area contributed by atoms with E-state index in [1.165, 1.54) is 10.9 Å². The Morgan fingerprint density at radius 3 is 2.39 bits per heavy atom. The molecule has 1 fully saturated rings. The van der Waals surface area contributed by atoms with Gasteiger partial charge in [0.2, 0.25) is 0 Å². The van der Waals surface area contributed by atoms with Crippen LogP contribution in [0.5, 0.6) is 0 Å². The van der Waals surface area contributed by atoms with Crippen LogP contribution in [-0.4, -0.2) is 44.4 Å². The normalized spacial score (nSPS) is 18.9. The molecule has 1 aromatic heterocycles. The zero-order valence-electron chi connectivity index (χ0n) is 15.9. The van der Waals surface area contributed by atoms with Gasteiger partial charge in [0.15, 0.2) is 5.69 Å². The van der Waals surface area contributed by atoms with E-state index in [9.17, 15) is 4.79 Å². The van der Waals surface area contributed by atoms with Crippen molar-refractivity contribution in [3.8, 4) is 0 Å².